The molecule has 2 bridgehead atoms. The summed E-state index contributed by atoms with van der Waals surface area (Å²) in [7, 11) is 0. The number of hydrogen-bond donors (Lipinski definition) is 1. The van der Waals surface area contributed by atoms with Crippen LogP contribution >= 0.6 is 0 Å². The molecule has 4 aromatic rings. The molecule has 1 aromatic heterocycles. The predicted molar refractivity (Wildman–Crippen MR) is 163 cm³/mol. The van der Waals surface area contributed by atoms with Crippen molar-refractivity contribution in [2.75, 3.05) is 37.7 Å². The van der Waals surface area contributed by atoms with Crippen LogP contribution in [0.2, 0.25) is 0 Å². The van der Waals surface area contributed by atoms with Crippen LogP contribution in [-0.2, 0) is 0 Å². The zero-order chi connectivity index (χ0) is 28.4. The van der Waals surface area contributed by atoms with E-state index in [2.05, 4.69) is 39.9 Å². The molecule has 0 spiro atoms. The first-order valence-corrected chi connectivity index (χ1v) is 15.2. The number of ether oxygens (including phenoxy) is 1. The zero-order valence-corrected chi connectivity index (χ0v) is 23.7. The number of alkyl halides is 1. The second-order valence-electron chi connectivity index (χ2n) is 12.4. The minimum absolute atomic E-state index is 0.276. The summed E-state index contributed by atoms with van der Waals surface area (Å²) in [5, 5.41) is 6.33. The summed E-state index contributed by atoms with van der Waals surface area (Å²) in [6.07, 6.45) is 5.52. The molecule has 8 rings (SSSR count). The smallest absolute Gasteiger partial charge is 0.319 e. The van der Waals surface area contributed by atoms with Crippen LogP contribution in [0.25, 0.3) is 38.9 Å². The van der Waals surface area contributed by atoms with Crippen molar-refractivity contribution in [2.45, 2.75) is 55.9 Å². The van der Waals surface area contributed by atoms with Crippen molar-refractivity contribution in [3.8, 4) is 17.1 Å². The Hall–Kier alpha value is -3.62. The molecular formula is C34H35F2N5O. The number of rotatable bonds is 6. The van der Waals surface area contributed by atoms with Crippen LogP contribution in [0.5, 0.6) is 6.01 Å². The number of halogens is 2. The maximum Gasteiger partial charge on any atom is 0.319 e. The Morgan fingerprint density at radius 1 is 1.10 bits per heavy atom. The second kappa shape index (κ2) is 9.99. The van der Waals surface area contributed by atoms with Gasteiger partial charge in [0.2, 0.25) is 0 Å². The van der Waals surface area contributed by atoms with Gasteiger partial charge < -0.3 is 15.0 Å². The van der Waals surface area contributed by atoms with Gasteiger partial charge in [-0.15, -0.1) is 0 Å². The Kier molecular flexibility index (Phi) is 6.19. The third-order valence-electron chi connectivity index (χ3n) is 10.1. The highest BCUT2D eigenvalue weighted by Gasteiger charge is 2.49. The molecule has 0 aliphatic carbocycles. The summed E-state index contributed by atoms with van der Waals surface area (Å²) in [6, 6.07) is 16.7. The van der Waals surface area contributed by atoms with Crippen LogP contribution in [0.15, 0.2) is 55.1 Å². The number of benzene rings is 3. The van der Waals surface area contributed by atoms with Gasteiger partial charge in [0.25, 0.3) is 0 Å². The lowest BCUT2D eigenvalue weighted by Crippen LogP contribution is -2.52. The van der Waals surface area contributed by atoms with E-state index < -0.39 is 6.17 Å². The summed E-state index contributed by atoms with van der Waals surface area (Å²) in [5.41, 5.74) is 2.87. The summed E-state index contributed by atoms with van der Waals surface area (Å²) in [6.45, 7) is 7.53. The van der Waals surface area contributed by atoms with Crippen LogP contribution in [0.1, 0.15) is 37.7 Å². The molecule has 4 atom stereocenters. The number of piperazine rings is 1. The topological polar surface area (TPSA) is 53.5 Å². The normalized spacial score (nSPS) is 27.2. The Labute approximate surface area is 244 Å². The second-order valence-corrected chi connectivity index (χ2v) is 12.4. The lowest BCUT2D eigenvalue weighted by atomic mass is 9.93. The molecule has 0 amide bonds. The minimum Gasteiger partial charge on any atom is -0.461 e. The fraction of sp³-hybridized carbons (Fsp3) is 0.412. The van der Waals surface area contributed by atoms with Crippen molar-refractivity contribution in [1.29, 1.82) is 0 Å². The van der Waals surface area contributed by atoms with Crippen LogP contribution in [0.4, 0.5) is 14.6 Å². The lowest BCUT2D eigenvalue weighted by molar-refractivity contribution is 0.107. The van der Waals surface area contributed by atoms with Gasteiger partial charge in [-0.05, 0) is 72.3 Å². The SMILES string of the molecule is C=Cc1c(F)ccc2cccc(-c3ccc4c(N5C6CCC5CNC6)nc(OC[C@@]56CCCN5C[C@H](F)C6)nc4c3)c12. The van der Waals surface area contributed by atoms with Gasteiger partial charge in [0, 0.05) is 49.1 Å². The summed E-state index contributed by atoms with van der Waals surface area (Å²) in [4.78, 5) is 14.7. The van der Waals surface area contributed by atoms with Crippen molar-refractivity contribution in [1.82, 2.24) is 20.2 Å². The van der Waals surface area contributed by atoms with E-state index in [1.165, 1.54) is 6.07 Å². The molecule has 2 unspecified atom stereocenters. The van der Waals surface area contributed by atoms with Gasteiger partial charge in [-0.25, -0.2) is 8.78 Å². The van der Waals surface area contributed by atoms with Crippen LogP contribution < -0.4 is 15.0 Å². The maximum absolute atomic E-state index is 14.8. The molecule has 0 saturated carbocycles. The molecule has 8 heteroatoms. The first kappa shape index (κ1) is 26.0. The fourth-order valence-electron chi connectivity index (χ4n) is 8.11. The van der Waals surface area contributed by atoms with Crippen LogP contribution in [0.3, 0.4) is 0 Å². The minimum atomic E-state index is -0.813. The van der Waals surface area contributed by atoms with Gasteiger partial charge in [-0.2, -0.15) is 9.97 Å². The van der Waals surface area contributed by atoms with Crippen LogP contribution in [-0.4, -0.2) is 71.4 Å². The third-order valence-corrected chi connectivity index (χ3v) is 10.1. The monoisotopic (exact) mass is 567 g/mol. The van der Waals surface area contributed by atoms with E-state index in [4.69, 9.17) is 14.7 Å². The van der Waals surface area contributed by atoms with Crippen molar-refractivity contribution < 1.29 is 13.5 Å². The first-order valence-electron chi connectivity index (χ1n) is 15.2. The average molecular weight is 568 g/mol. The molecular weight excluding hydrogens is 532 g/mol. The van der Waals surface area contributed by atoms with Gasteiger partial charge >= 0.3 is 6.01 Å². The highest BCUT2D eigenvalue weighted by molar-refractivity contribution is 6.04. The van der Waals surface area contributed by atoms with E-state index in [0.717, 1.165) is 83.9 Å². The largest absolute Gasteiger partial charge is 0.461 e. The number of anilines is 1. The predicted octanol–water partition coefficient (Wildman–Crippen LogP) is 6.13. The van der Waals surface area contributed by atoms with Crippen molar-refractivity contribution in [3.05, 3.63) is 66.5 Å². The molecule has 4 saturated heterocycles. The van der Waals surface area contributed by atoms with E-state index in [9.17, 15) is 8.78 Å². The number of fused-ring (bicyclic) bond motifs is 5. The number of nitrogens with one attached hydrogen (secondary N) is 1. The highest BCUT2D eigenvalue weighted by atomic mass is 19.1. The molecule has 5 heterocycles. The Bertz CT molecular complexity index is 1690. The molecule has 216 valence electrons. The molecule has 4 aliphatic heterocycles. The lowest BCUT2D eigenvalue weighted by Gasteiger charge is -2.37. The van der Waals surface area contributed by atoms with E-state index in [0.29, 0.717) is 43.2 Å². The molecule has 4 aliphatic rings. The standard InChI is InChI=1S/C34H35F2N5O/c1-2-26-29(36)12-8-21-5-3-6-27(31(21)26)22-7-11-28-30(15-22)38-33(39-32(28)41-24-9-10-25(41)18-37-17-24)42-20-34-13-4-14-40(34)19-23(35)16-34/h2-3,5-8,11-12,15,23-25,37H,1,4,9-10,13-14,16-20H2/t23-,24?,25?,34+/m1/s1. The van der Waals surface area contributed by atoms with Gasteiger partial charge in [0.05, 0.1) is 11.1 Å². The first-order chi connectivity index (χ1) is 20.5. The zero-order valence-electron chi connectivity index (χ0n) is 23.7. The summed E-state index contributed by atoms with van der Waals surface area (Å²) < 4.78 is 35.7. The fourth-order valence-corrected chi connectivity index (χ4v) is 8.11. The van der Waals surface area contributed by atoms with Crippen LogP contribution in [0, 0.1) is 5.82 Å². The Balaban J connectivity index is 1.25. The maximum atomic E-state index is 14.8. The van der Waals surface area contributed by atoms with E-state index >= 15 is 0 Å². The van der Waals surface area contributed by atoms with E-state index in [1.807, 2.05) is 24.3 Å². The molecule has 6 nitrogen and oxygen atoms in total. The number of aromatic nitrogens is 2. The summed E-state index contributed by atoms with van der Waals surface area (Å²) >= 11 is 0. The highest BCUT2D eigenvalue weighted by Crippen LogP contribution is 2.42. The summed E-state index contributed by atoms with van der Waals surface area (Å²) in [5.74, 6) is 0.616. The van der Waals surface area contributed by atoms with Crippen molar-refractivity contribution >= 4 is 33.6 Å². The molecule has 3 aromatic carbocycles. The van der Waals surface area contributed by atoms with E-state index in [-0.39, 0.29) is 11.4 Å². The molecule has 1 N–H and O–H groups in total. The number of nitrogens with zero attached hydrogens (tertiary/aromatic N) is 4. The Morgan fingerprint density at radius 3 is 2.79 bits per heavy atom. The van der Waals surface area contributed by atoms with E-state index in [1.54, 1.807) is 6.08 Å². The van der Waals surface area contributed by atoms with Gasteiger partial charge in [0.1, 0.15) is 24.4 Å². The Morgan fingerprint density at radius 2 is 1.95 bits per heavy atom. The van der Waals surface area contributed by atoms with Gasteiger partial charge in [0.15, 0.2) is 0 Å². The molecule has 42 heavy (non-hydrogen) atoms. The third kappa shape index (κ3) is 4.10. The van der Waals surface area contributed by atoms with Gasteiger partial charge in [-0.1, -0.05) is 43.0 Å². The van der Waals surface area contributed by atoms with Crippen molar-refractivity contribution in [3.63, 3.8) is 0 Å². The molecule has 0 radical (unpaired) electrons. The average Bonchev–Trinajstić information content (AvgIpc) is 3.61. The van der Waals surface area contributed by atoms with Crippen molar-refractivity contribution in [2.24, 2.45) is 0 Å². The number of hydrogen-bond acceptors (Lipinski definition) is 6. The quantitative estimate of drug-likeness (QED) is 0.303. The van der Waals surface area contributed by atoms with Gasteiger partial charge in [-0.3, -0.25) is 4.90 Å². The molecule has 4 fully saturated rings.